The topological polar surface area (TPSA) is 164 Å². The molecule has 0 saturated carbocycles. The zero-order valence-electron chi connectivity index (χ0n) is 20.5. The number of nitro groups is 1. The van der Waals surface area contributed by atoms with E-state index in [0.29, 0.717) is 34.8 Å². The molecule has 0 spiro atoms. The van der Waals surface area contributed by atoms with E-state index in [1.165, 1.54) is 26.1 Å². The Kier molecular flexibility index (Phi) is 6.69. The van der Waals surface area contributed by atoms with Gasteiger partial charge in [-0.15, -0.1) is 11.3 Å². The van der Waals surface area contributed by atoms with Crippen LogP contribution in [0.2, 0.25) is 0 Å². The van der Waals surface area contributed by atoms with Crippen LogP contribution in [-0.2, 0) is 17.5 Å². The van der Waals surface area contributed by atoms with Gasteiger partial charge in [0.25, 0.3) is 11.8 Å². The van der Waals surface area contributed by atoms with Crippen molar-refractivity contribution >= 4 is 44.9 Å². The average molecular weight is 551 g/mol. The van der Waals surface area contributed by atoms with E-state index in [2.05, 4.69) is 20.5 Å². The number of aryl methyl sites for hydroxylation is 2. The fourth-order valence-electron chi connectivity index (χ4n) is 4.07. The summed E-state index contributed by atoms with van der Waals surface area (Å²) in [7, 11) is 0. The van der Waals surface area contributed by atoms with Crippen molar-refractivity contribution in [3.8, 4) is 11.1 Å². The lowest BCUT2D eigenvalue weighted by atomic mass is 10.0. The number of aromatic nitrogens is 5. The van der Waals surface area contributed by atoms with Gasteiger partial charge in [0.15, 0.2) is 0 Å². The molecule has 4 heterocycles. The maximum absolute atomic E-state index is 13.8. The third kappa shape index (κ3) is 4.57. The van der Waals surface area contributed by atoms with E-state index in [1.807, 2.05) is 6.92 Å². The second-order valence-electron chi connectivity index (χ2n) is 8.37. The molecule has 38 heavy (non-hydrogen) atoms. The smallest absolute Gasteiger partial charge is 0.365 e. The lowest BCUT2D eigenvalue weighted by Gasteiger charge is -2.14. The summed E-state index contributed by atoms with van der Waals surface area (Å²) in [6.45, 7) is 6.90. The number of anilines is 1. The molecule has 0 aliphatic rings. The average Bonchev–Trinajstić information content (AvgIpc) is 3.52. The van der Waals surface area contributed by atoms with Gasteiger partial charge in [-0.1, -0.05) is 0 Å². The molecule has 0 radical (unpaired) electrons. The maximum atomic E-state index is 13.8. The molecule has 12 nitrogen and oxygen atoms in total. The third-order valence-corrected chi connectivity index (χ3v) is 7.06. The largest absolute Gasteiger partial charge is 0.433 e. The summed E-state index contributed by atoms with van der Waals surface area (Å²) in [5.74, 6) is -2.18. The summed E-state index contributed by atoms with van der Waals surface area (Å²) >= 11 is 0.611. The van der Waals surface area contributed by atoms with Gasteiger partial charge in [-0.2, -0.15) is 23.0 Å². The molecule has 1 unspecified atom stereocenters. The quantitative estimate of drug-likeness (QED) is 0.257. The van der Waals surface area contributed by atoms with Crippen molar-refractivity contribution in [3.05, 3.63) is 50.4 Å². The van der Waals surface area contributed by atoms with Crippen molar-refractivity contribution in [3.63, 3.8) is 0 Å². The number of carbonyl (C=O) groups excluding carboxylic acids is 2. The van der Waals surface area contributed by atoms with Gasteiger partial charge in [-0.3, -0.25) is 14.3 Å². The Bertz CT molecular complexity index is 1600. The third-order valence-electron chi connectivity index (χ3n) is 5.96. The van der Waals surface area contributed by atoms with Gasteiger partial charge < -0.3 is 21.2 Å². The molecule has 200 valence electrons. The minimum atomic E-state index is -4.79. The fraction of sp³-hybridized carbons (Fsp3) is 0.318. The number of carbonyl (C=O) groups is 2. The normalized spacial score (nSPS) is 12.6. The van der Waals surface area contributed by atoms with E-state index < -0.39 is 40.5 Å². The van der Waals surface area contributed by atoms with Gasteiger partial charge in [0.2, 0.25) is 0 Å². The highest BCUT2D eigenvalue weighted by Crippen LogP contribution is 2.44. The molecule has 3 N–H and O–H groups in total. The Hall–Kier alpha value is -4.34. The van der Waals surface area contributed by atoms with Crippen LogP contribution in [0.15, 0.2) is 18.3 Å². The molecule has 0 aromatic carbocycles. The van der Waals surface area contributed by atoms with E-state index >= 15 is 0 Å². The number of pyridine rings is 1. The van der Waals surface area contributed by atoms with Gasteiger partial charge >= 0.3 is 12.0 Å². The number of fused-ring (bicyclic) bond motifs is 1. The zero-order chi connectivity index (χ0) is 28.1. The molecule has 4 aromatic rings. The Morgan fingerprint density at radius 2 is 1.95 bits per heavy atom. The second-order valence-corrected chi connectivity index (χ2v) is 9.37. The first-order chi connectivity index (χ1) is 17.7. The van der Waals surface area contributed by atoms with E-state index in [0.717, 1.165) is 10.7 Å². The highest BCUT2D eigenvalue weighted by Gasteiger charge is 2.36. The number of nitrogens with zero attached hydrogens (tertiary/aromatic N) is 6. The Morgan fingerprint density at radius 3 is 2.47 bits per heavy atom. The number of alkyl halides is 3. The number of hydrogen-bond donors (Lipinski definition) is 2. The summed E-state index contributed by atoms with van der Waals surface area (Å²) in [4.78, 5) is 39.3. The molecule has 0 aliphatic heterocycles. The van der Waals surface area contributed by atoms with Gasteiger partial charge in [-0.25, -0.2) is 4.98 Å². The van der Waals surface area contributed by atoms with Crippen molar-refractivity contribution in [2.45, 2.75) is 46.5 Å². The molecule has 0 saturated heterocycles. The van der Waals surface area contributed by atoms with Crippen molar-refractivity contribution < 1.29 is 27.7 Å². The molecule has 4 aromatic heterocycles. The summed E-state index contributed by atoms with van der Waals surface area (Å²) in [6.07, 6.45) is -3.39. The monoisotopic (exact) mass is 550 g/mol. The molecular weight excluding hydrogens is 529 g/mol. The van der Waals surface area contributed by atoms with E-state index in [-0.39, 0.29) is 26.3 Å². The van der Waals surface area contributed by atoms with Crippen LogP contribution < -0.4 is 11.1 Å². The predicted molar refractivity (Wildman–Crippen MR) is 132 cm³/mol. The number of hydrogen-bond acceptors (Lipinski definition) is 8. The number of halogens is 3. The summed E-state index contributed by atoms with van der Waals surface area (Å²) < 4.78 is 44.0. The number of nitrogens with two attached hydrogens (primary N) is 1. The molecule has 1 atom stereocenters. The predicted octanol–water partition coefficient (Wildman–Crippen LogP) is 4.22. The van der Waals surface area contributed by atoms with Gasteiger partial charge in [0.1, 0.15) is 21.4 Å². The first kappa shape index (κ1) is 26.7. The van der Waals surface area contributed by atoms with Crippen LogP contribution >= 0.6 is 11.3 Å². The molecule has 0 bridgehead atoms. The van der Waals surface area contributed by atoms with E-state index in [1.54, 1.807) is 11.6 Å². The number of thiophene rings is 1. The van der Waals surface area contributed by atoms with Crippen molar-refractivity contribution in [1.82, 2.24) is 24.5 Å². The van der Waals surface area contributed by atoms with Crippen molar-refractivity contribution in [2.75, 3.05) is 5.32 Å². The summed E-state index contributed by atoms with van der Waals surface area (Å²) in [5, 5.41) is 21.8. The molecule has 0 fully saturated rings. The maximum Gasteiger partial charge on any atom is 0.433 e. The van der Waals surface area contributed by atoms with Crippen LogP contribution in [0.25, 0.3) is 21.3 Å². The fourth-order valence-corrected chi connectivity index (χ4v) is 5.08. The standard InChI is InChI=1S/C22H21F3N8O4S/c1-5-31-10(3)13(8-27-31)12-7-14(22(23,24)25)28-21-16(12)17(18(38-21)19(26)34)29-20(35)11(4)32-9(2)6-15(30-32)33(36)37/h6-8,11H,5H2,1-4H3,(H2,26,34)(H,29,35). The zero-order valence-corrected chi connectivity index (χ0v) is 21.3. The summed E-state index contributed by atoms with van der Waals surface area (Å²) in [5.41, 5.74) is 5.51. The van der Waals surface area contributed by atoms with E-state index in [4.69, 9.17) is 5.73 Å². The minimum Gasteiger partial charge on any atom is -0.365 e. The molecule has 2 amide bonds. The van der Waals surface area contributed by atoms with Crippen LogP contribution in [0.5, 0.6) is 0 Å². The van der Waals surface area contributed by atoms with Crippen LogP contribution in [0.1, 0.15) is 46.6 Å². The van der Waals surface area contributed by atoms with Crippen LogP contribution in [0, 0.1) is 24.0 Å². The van der Waals surface area contributed by atoms with Gasteiger partial charge in [-0.05, 0) is 44.2 Å². The van der Waals surface area contributed by atoms with Gasteiger partial charge in [0, 0.05) is 23.2 Å². The van der Waals surface area contributed by atoms with Crippen LogP contribution in [0.3, 0.4) is 0 Å². The lowest BCUT2D eigenvalue weighted by Crippen LogP contribution is -2.26. The number of rotatable bonds is 7. The van der Waals surface area contributed by atoms with Crippen molar-refractivity contribution in [2.24, 2.45) is 5.73 Å². The SMILES string of the molecule is CCn1ncc(-c2cc(C(F)(F)F)nc3sc(C(N)=O)c(NC(=O)C(C)n4nc([N+](=O)[O-])cc4C)c23)c1C. The van der Waals surface area contributed by atoms with Gasteiger partial charge in [0.05, 0.1) is 28.7 Å². The Morgan fingerprint density at radius 1 is 1.26 bits per heavy atom. The highest BCUT2D eigenvalue weighted by atomic mass is 32.1. The van der Waals surface area contributed by atoms with Crippen LogP contribution in [0.4, 0.5) is 24.7 Å². The van der Waals surface area contributed by atoms with Crippen molar-refractivity contribution in [1.29, 1.82) is 0 Å². The Labute approximate surface area is 216 Å². The first-order valence-electron chi connectivity index (χ1n) is 11.1. The van der Waals surface area contributed by atoms with Crippen LogP contribution in [-0.4, -0.2) is 41.3 Å². The number of amides is 2. The lowest BCUT2D eigenvalue weighted by molar-refractivity contribution is -0.389. The first-order valence-corrected chi connectivity index (χ1v) is 11.9. The molecule has 4 rings (SSSR count). The van der Waals surface area contributed by atoms with E-state index in [9.17, 15) is 32.9 Å². The second kappa shape index (κ2) is 9.51. The molecular formula is C22H21F3N8O4S. The molecule has 16 heteroatoms. The Balaban J connectivity index is 1.92. The number of nitrogens with one attached hydrogen (secondary N) is 1. The molecule has 0 aliphatic carbocycles. The number of primary amides is 1. The summed E-state index contributed by atoms with van der Waals surface area (Å²) in [6, 6.07) is 0.937. The minimum absolute atomic E-state index is 0.0529. The highest BCUT2D eigenvalue weighted by molar-refractivity contribution is 7.21.